The molecule has 3 aromatic rings. The van der Waals surface area contributed by atoms with Gasteiger partial charge in [-0.2, -0.15) is 0 Å². The Morgan fingerprint density at radius 2 is 1.83 bits per heavy atom. The first-order valence-electron chi connectivity index (χ1n) is 8.93. The zero-order chi connectivity index (χ0) is 21.0. The number of aryl methyl sites for hydroxylation is 1. The number of benzene rings is 2. The lowest BCUT2D eigenvalue weighted by molar-refractivity contribution is -0.117. The predicted octanol–water partition coefficient (Wildman–Crippen LogP) is 4.35. The lowest BCUT2D eigenvalue weighted by atomic mass is 10.1. The summed E-state index contributed by atoms with van der Waals surface area (Å²) in [5.74, 6) is -0.751. The molecule has 1 heterocycles. The zero-order valence-corrected chi connectivity index (χ0v) is 17.4. The molecule has 0 unspecified atom stereocenters. The van der Waals surface area contributed by atoms with Crippen LogP contribution in [0.15, 0.2) is 42.5 Å². The lowest BCUT2D eigenvalue weighted by Gasteiger charge is -2.10. The average molecular weight is 432 g/mol. The van der Waals surface area contributed by atoms with Crippen LogP contribution in [0.3, 0.4) is 0 Å². The van der Waals surface area contributed by atoms with Crippen LogP contribution in [-0.4, -0.2) is 26.8 Å². The Hall–Kier alpha value is -2.90. The van der Waals surface area contributed by atoms with Crippen molar-refractivity contribution in [2.45, 2.75) is 26.8 Å². The molecule has 3 rings (SSSR count). The summed E-state index contributed by atoms with van der Waals surface area (Å²) >= 11 is 12.0. The topological polar surface area (TPSA) is 88.9 Å². The van der Waals surface area contributed by atoms with E-state index in [9.17, 15) is 9.59 Å². The van der Waals surface area contributed by atoms with E-state index in [0.29, 0.717) is 21.4 Å². The van der Waals surface area contributed by atoms with Crippen LogP contribution in [0, 0.1) is 6.92 Å². The van der Waals surface area contributed by atoms with Crippen LogP contribution in [0.4, 0.5) is 11.4 Å². The summed E-state index contributed by atoms with van der Waals surface area (Å²) in [6.45, 7) is 3.62. The van der Waals surface area contributed by atoms with Gasteiger partial charge in [-0.15, -0.1) is 5.10 Å². The van der Waals surface area contributed by atoms with Gasteiger partial charge >= 0.3 is 0 Å². The van der Waals surface area contributed by atoms with Crippen LogP contribution in [0.1, 0.15) is 28.7 Å². The highest BCUT2D eigenvalue weighted by Crippen LogP contribution is 2.26. The van der Waals surface area contributed by atoms with E-state index in [1.165, 1.54) is 4.68 Å². The molecule has 1 aromatic heterocycles. The van der Waals surface area contributed by atoms with Crippen molar-refractivity contribution in [3.8, 4) is 0 Å². The highest BCUT2D eigenvalue weighted by molar-refractivity contribution is 6.35. The van der Waals surface area contributed by atoms with E-state index in [1.807, 2.05) is 31.2 Å². The van der Waals surface area contributed by atoms with E-state index in [0.717, 1.165) is 17.7 Å². The van der Waals surface area contributed by atoms with E-state index >= 15 is 0 Å². The monoisotopic (exact) mass is 431 g/mol. The first-order valence-corrected chi connectivity index (χ1v) is 9.69. The maximum absolute atomic E-state index is 12.5. The highest BCUT2D eigenvalue weighted by atomic mass is 35.5. The Kier molecular flexibility index (Phi) is 6.51. The maximum atomic E-state index is 12.5. The fourth-order valence-corrected chi connectivity index (χ4v) is 3.11. The Morgan fingerprint density at radius 1 is 1.07 bits per heavy atom. The van der Waals surface area contributed by atoms with Crippen molar-refractivity contribution in [1.82, 2.24) is 15.0 Å². The number of anilines is 2. The number of nitrogens with one attached hydrogen (secondary N) is 2. The molecular weight excluding hydrogens is 413 g/mol. The number of amides is 2. The molecule has 7 nitrogen and oxygen atoms in total. The van der Waals surface area contributed by atoms with Gasteiger partial charge in [0.05, 0.1) is 16.4 Å². The number of nitrogens with zero attached hydrogens (tertiary/aromatic N) is 3. The van der Waals surface area contributed by atoms with Gasteiger partial charge in [0.15, 0.2) is 5.69 Å². The predicted molar refractivity (Wildman–Crippen MR) is 114 cm³/mol. The number of rotatable bonds is 6. The van der Waals surface area contributed by atoms with E-state index in [1.54, 1.807) is 25.1 Å². The van der Waals surface area contributed by atoms with E-state index in [2.05, 4.69) is 20.9 Å². The van der Waals surface area contributed by atoms with Gasteiger partial charge < -0.3 is 10.6 Å². The first kappa shape index (κ1) is 20.8. The minimum absolute atomic E-state index is 0.0674. The molecule has 150 valence electrons. The summed E-state index contributed by atoms with van der Waals surface area (Å²) in [6.07, 6.45) is 0.801. The molecule has 2 aromatic carbocycles. The molecule has 0 fully saturated rings. The summed E-state index contributed by atoms with van der Waals surface area (Å²) in [5, 5.41) is 14.1. The van der Waals surface area contributed by atoms with Gasteiger partial charge in [-0.05, 0) is 43.2 Å². The van der Waals surface area contributed by atoms with E-state index in [4.69, 9.17) is 23.2 Å². The minimum atomic E-state index is -0.491. The number of hydrogen-bond acceptors (Lipinski definition) is 4. The van der Waals surface area contributed by atoms with Crippen molar-refractivity contribution in [2.24, 2.45) is 0 Å². The van der Waals surface area contributed by atoms with Gasteiger partial charge in [0.2, 0.25) is 5.91 Å². The van der Waals surface area contributed by atoms with Gasteiger partial charge in [-0.25, -0.2) is 4.68 Å². The second kappa shape index (κ2) is 9.07. The maximum Gasteiger partial charge on any atom is 0.278 e. The second-order valence-corrected chi connectivity index (χ2v) is 7.16. The summed E-state index contributed by atoms with van der Waals surface area (Å²) in [4.78, 5) is 25.0. The summed E-state index contributed by atoms with van der Waals surface area (Å²) < 4.78 is 1.37. The third-order valence-electron chi connectivity index (χ3n) is 4.34. The van der Waals surface area contributed by atoms with Crippen LogP contribution < -0.4 is 10.6 Å². The van der Waals surface area contributed by atoms with Gasteiger partial charge in [0.25, 0.3) is 5.91 Å². The largest absolute Gasteiger partial charge is 0.324 e. The lowest BCUT2D eigenvalue weighted by Crippen LogP contribution is -2.21. The fourth-order valence-electron chi connectivity index (χ4n) is 2.77. The first-order chi connectivity index (χ1) is 13.9. The van der Waals surface area contributed by atoms with Crippen molar-refractivity contribution < 1.29 is 9.59 Å². The van der Waals surface area contributed by atoms with Crippen molar-refractivity contribution in [3.63, 3.8) is 0 Å². The molecule has 9 heteroatoms. The van der Waals surface area contributed by atoms with Gasteiger partial charge in [0.1, 0.15) is 6.54 Å². The van der Waals surface area contributed by atoms with Crippen LogP contribution in [0.25, 0.3) is 0 Å². The Morgan fingerprint density at radius 3 is 2.59 bits per heavy atom. The molecular formula is C20H19Cl2N5O2. The molecule has 0 aliphatic rings. The van der Waals surface area contributed by atoms with Crippen LogP contribution >= 0.6 is 23.2 Å². The molecule has 0 aliphatic heterocycles. The smallest absolute Gasteiger partial charge is 0.278 e. The van der Waals surface area contributed by atoms with Gasteiger partial charge in [-0.1, -0.05) is 53.5 Å². The van der Waals surface area contributed by atoms with Crippen molar-refractivity contribution >= 4 is 46.4 Å². The Bertz CT molecular complexity index is 1060. The average Bonchev–Trinajstić information content (AvgIpc) is 3.05. The summed E-state index contributed by atoms with van der Waals surface area (Å²) in [7, 11) is 0. The number of carbonyl (C=O) groups is 2. The molecule has 2 amide bonds. The number of aromatic nitrogens is 3. The molecule has 2 N–H and O–H groups in total. The molecule has 0 saturated heterocycles. The highest BCUT2D eigenvalue weighted by Gasteiger charge is 2.19. The van der Waals surface area contributed by atoms with E-state index < -0.39 is 5.91 Å². The minimum Gasteiger partial charge on any atom is -0.324 e. The summed E-state index contributed by atoms with van der Waals surface area (Å²) in [6, 6.07) is 12.3. The Balaban J connectivity index is 1.71. The quantitative estimate of drug-likeness (QED) is 0.606. The van der Waals surface area contributed by atoms with Crippen molar-refractivity contribution in [2.75, 3.05) is 10.6 Å². The third kappa shape index (κ3) is 4.93. The number of halogens is 2. The SMILES string of the molecule is CCc1ccccc1NC(=O)Cn1nnc(C(=O)Nc2cc(Cl)ccc2Cl)c1C. The van der Waals surface area contributed by atoms with Crippen LogP contribution in [0.5, 0.6) is 0 Å². The van der Waals surface area contributed by atoms with E-state index in [-0.39, 0.29) is 18.1 Å². The van der Waals surface area contributed by atoms with Gasteiger partial charge in [0, 0.05) is 10.7 Å². The molecule has 0 radical (unpaired) electrons. The number of para-hydroxylation sites is 1. The normalized spacial score (nSPS) is 10.6. The summed E-state index contributed by atoms with van der Waals surface area (Å²) in [5.41, 5.74) is 2.72. The van der Waals surface area contributed by atoms with Crippen LogP contribution in [-0.2, 0) is 17.8 Å². The fraction of sp³-hybridized carbons (Fsp3) is 0.200. The van der Waals surface area contributed by atoms with Crippen molar-refractivity contribution in [1.29, 1.82) is 0 Å². The third-order valence-corrected chi connectivity index (χ3v) is 4.90. The molecule has 0 saturated carbocycles. The molecule has 0 bridgehead atoms. The molecule has 0 atom stereocenters. The number of carbonyl (C=O) groups excluding carboxylic acids is 2. The van der Waals surface area contributed by atoms with Crippen molar-refractivity contribution in [3.05, 3.63) is 69.5 Å². The molecule has 0 aliphatic carbocycles. The Labute approximate surface area is 178 Å². The van der Waals surface area contributed by atoms with Gasteiger partial charge in [-0.3, -0.25) is 9.59 Å². The molecule has 29 heavy (non-hydrogen) atoms. The number of hydrogen-bond donors (Lipinski definition) is 2. The second-order valence-electron chi connectivity index (χ2n) is 6.32. The molecule has 0 spiro atoms. The van der Waals surface area contributed by atoms with Crippen LogP contribution in [0.2, 0.25) is 10.0 Å². The standard InChI is InChI=1S/C20H19Cl2N5O2/c1-3-13-6-4-5-7-16(13)23-18(28)11-27-12(2)19(25-26-27)20(29)24-17-10-14(21)8-9-15(17)22/h4-10H,3,11H2,1-2H3,(H,23,28)(H,24,29). The zero-order valence-electron chi connectivity index (χ0n) is 15.9.